The summed E-state index contributed by atoms with van der Waals surface area (Å²) in [7, 11) is 0. The summed E-state index contributed by atoms with van der Waals surface area (Å²) < 4.78 is 44.6. The number of hydrogen-bond donors (Lipinski definition) is 0. The van der Waals surface area contributed by atoms with E-state index in [1.807, 2.05) is 91.0 Å². The van der Waals surface area contributed by atoms with Gasteiger partial charge in [0.15, 0.2) is 12.4 Å². The first-order valence-electron chi connectivity index (χ1n) is 10.6. The summed E-state index contributed by atoms with van der Waals surface area (Å²) in [6.45, 7) is -2.87. The van der Waals surface area contributed by atoms with Crippen LogP contribution in [0.5, 0.6) is 5.75 Å². The SMILES string of the molecule is O=C(C=P(c1ccccc1)(c1ccccc1)c1ccccc1)COc1cccc(C(F)(F)F)c1. The highest BCUT2D eigenvalue weighted by Gasteiger charge is 2.31. The Bertz CT molecular complexity index is 1200. The summed E-state index contributed by atoms with van der Waals surface area (Å²) in [6.07, 6.45) is -4.48. The molecule has 0 aliphatic rings. The second-order valence-corrected chi connectivity index (χ2v) is 10.9. The lowest BCUT2D eigenvalue weighted by Gasteiger charge is -2.28. The molecule has 0 heterocycles. The normalized spacial score (nSPS) is 11.6. The van der Waals surface area contributed by atoms with Gasteiger partial charge in [-0.25, -0.2) is 0 Å². The van der Waals surface area contributed by atoms with Crippen molar-refractivity contribution < 1.29 is 22.7 Å². The minimum absolute atomic E-state index is 0.000332. The van der Waals surface area contributed by atoms with Crippen molar-refractivity contribution in [3.05, 3.63) is 121 Å². The summed E-state index contributed by atoms with van der Waals surface area (Å²) in [5.41, 5.74) is -0.818. The molecule has 0 aliphatic heterocycles. The summed E-state index contributed by atoms with van der Waals surface area (Å²) in [6, 6.07) is 34.0. The van der Waals surface area contributed by atoms with E-state index in [1.54, 1.807) is 5.80 Å². The lowest BCUT2D eigenvalue weighted by Crippen LogP contribution is -2.29. The van der Waals surface area contributed by atoms with E-state index in [1.165, 1.54) is 12.1 Å². The third-order valence-electron chi connectivity index (χ3n) is 5.37. The average Bonchev–Trinajstić information content (AvgIpc) is 2.87. The lowest BCUT2D eigenvalue weighted by molar-refractivity contribution is -0.137. The Morgan fingerprint density at radius 3 is 1.62 bits per heavy atom. The molecular formula is C28H22F3O2P. The van der Waals surface area contributed by atoms with Crippen molar-refractivity contribution in [2.24, 2.45) is 0 Å². The molecule has 0 atom stereocenters. The molecule has 0 amide bonds. The van der Waals surface area contributed by atoms with E-state index in [0.29, 0.717) is 0 Å². The second kappa shape index (κ2) is 10.1. The first kappa shape index (κ1) is 23.6. The van der Waals surface area contributed by atoms with Crippen LogP contribution < -0.4 is 20.7 Å². The zero-order chi connectivity index (χ0) is 24.0. The van der Waals surface area contributed by atoms with Gasteiger partial charge in [0.1, 0.15) is 5.75 Å². The predicted octanol–water partition coefficient (Wildman–Crippen LogP) is 5.45. The van der Waals surface area contributed by atoms with Crippen LogP contribution in [0.25, 0.3) is 0 Å². The number of Topliss-reactive ketones (excluding diaryl/α,β-unsaturated/α-hetero) is 1. The molecule has 0 spiro atoms. The fourth-order valence-corrected chi connectivity index (χ4v) is 7.61. The average molecular weight is 478 g/mol. The molecule has 4 aromatic carbocycles. The molecule has 0 aromatic heterocycles. The van der Waals surface area contributed by atoms with Crippen LogP contribution in [0.15, 0.2) is 115 Å². The number of carbonyl (C=O) groups excluding carboxylic acids is 1. The van der Waals surface area contributed by atoms with Crippen molar-refractivity contribution in [1.82, 2.24) is 0 Å². The summed E-state index contributed by atoms with van der Waals surface area (Å²) in [5, 5.41) is 3.00. The van der Waals surface area contributed by atoms with E-state index in [4.69, 9.17) is 4.74 Å². The summed E-state index contributed by atoms with van der Waals surface area (Å²) in [4.78, 5) is 13.3. The molecule has 4 rings (SSSR count). The number of carbonyl (C=O) groups is 1. The first-order chi connectivity index (χ1) is 16.4. The van der Waals surface area contributed by atoms with Gasteiger partial charge >= 0.3 is 6.18 Å². The fraction of sp³-hybridized carbons (Fsp3) is 0.0714. The van der Waals surface area contributed by atoms with E-state index in [2.05, 4.69) is 0 Å². The number of benzene rings is 4. The summed E-state index contributed by atoms with van der Waals surface area (Å²) >= 11 is 0. The highest BCUT2D eigenvalue weighted by Crippen LogP contribution is 2.43. The fourth-order valence-electron chi connectivity index (χ4n) is 3.83. The van der Waals surface area contributed by atoms with Crippen LogP contribution in [0.3, 0.4) is 0 Å². The quantitative estimate of drug-likeness (QED) is 0.330. The Morgan fingerprint density at radius 1 is 0.706 bits per heavy atom. The zero-order valence-corrected chi connectivity index (χ0v) is 19.0. The number of ketones is 1. The van der Waals surface area contributed by atoms with Crippen molar-refractivity contribution in [2.45, 2.75) is 6.18 Å². The molecule has 6 heteroatoms. The maximum Gasteiger partial charge on any atom is 0.416 e. The molecule has 0 N–H and O–H groups in total. The summed E-state index contributed by atoms with van der Waals surface area (Å²) in [5.74, 6) is 1.41. The number of halogens is 3. The van der Waals surface area contributed by atoms with E-state index in [-0.39, 0.29) is 18.1 Å². The topological polar surface area (TPSA) is 26.3 Å². The van der Waals surface area contributed by atoms with Crippen molar-refractivity contribution in [2.75, 3.05) is 6.61 Å². The number of alkyl halides is 3. The van der Waals surface area contributed by atoms with Crippen LogP contribution in [-0.2, 0) is 11.0 Å². The van der Waals surface area contributed by atoms with Crippen LogP contribution in [0.1, 0.15) is 5.56 Å². The van der Waals surface area contributed by atoms with Gasteiger partial charge in [0.2, 0.25) is 0 Å². The second-order valence-electron chi connectivity index (χ2n) is 7.64. The molecule has 0 aliphatic carbocycles. The first-order valence-corrected chi connectivity index (χ1v) is 12.5. The molecule has 0 saturated heterocycles. The van der Waals surface area contributed by atoms with Crippen molar-refractivity contribution in [3.8, 4) is 5.75 Å². The molecule has 34 heavy (non-hydrogen) atoms. The van der Waals surface area contributed by atoms with Crippen molar-refractivity contribution >= 4 is 34.4 Å². The molecule has 0 unspecified atom stereocenters. The van der Waals surface area contributed by atoms with Gasteiger partial charge in [0.05, 0.1) is 5.56 Å². The molecule has 0 saturated carbocycles. The Morgan fingerprint density at radius 2 is 1.18 bits per heavy atom. The minimum Gasteiger partial charge on any atom is -0.485 e. The third-order valence-corrected chi connectivity index (χ3v) is 9.38. The van der Waals surface area contributed by atoms with E-state index in [0.717, 1.165) is 28.0 Å². The largest absolute Gasteiger partial charge is 0.485 e. The van der Waals surface area contributed by atoms with Crippen LogP contribution >= 0.6 is 6.89 Å². The Hall–Kier alpha value is -3.56. The smallest absolute Gasteiger partial charge is 0.416 e. The van der Waals surface area contributed by atoms with E-state index < -0.39 is 18.6 Å². The Kier molecular flexibility index (Phi) is 7.04. The van der Waals surface area contributed by atoms with Gasteiger partial charge in [-0.1, -0.05) is 97.1 Å². The lowest BCUT2D eigenvalue weighted by atomic mass is 10.2. The highest BCUT2D eigenvalue weighted by molar-refractivity contribution is 7.95. The van der Waals surface area contributed by atoms with Crippen molar-refractivity contribution in [3.63, 3.8) is 0 Å². The zero-order valence-electron chi connectivity index (χ0n) is 18.2. The van der Waals surface area contributed by atoms with Gasteiger partial charge in [0.25, 0.3) is 0 Å². The predicted molar refractivity (Wildman–Crippen MR) is 133 cm³/mol. The van der Waals surface area contributed by atoms with Crippen LogP contribution in [-0.4, -0.2) is 18.2 Å². The highest BCUT2D eigenvalue weighted by atomic mass is 31.2. The monoisotopic (exact) mass is 478 g/mol. The van der Waals surface area contributed by atoms with Crippen molar-refractivity contribution in [1.29, 1.82) is 0 Å². The number of rotatable bonds is 7. The van der Waals surface area contributed by atoms with Gasteiger partial charge in [-0.3, -0.25) is 4.79 Å². The van der Waals surface area contributed by atoms with E-state index in [9.17, 15) is 18.0 Å². The Balaban J connectivity index is 1.78. The standard InChI is InChI=1S/C28H22F3O2P/c29-28(30,31)22-11-10-12-24(19-22)33-20-23(32)21-34(25-13-4-1-5-14-25,26-15-6-2-7-16-26)27-17-8-3-9-18-27/h1-19,21H,20H2. The van der Waals surface area contributed by atoms with Gasteiger partial charge in [-0.05, 0) is 46.8 Å². The van der Waals surface area contributed by atoms with Crippen LogP contribution in [0, 0.1) is 0 Å². The molecule has 0 radical (unpaired) electrons. The maximum atomic E-state index is 13.3. The van der Waals surface area contributed by atoms with Gasteiger partial charge in [0, 0.05) is 0 Å². The minimum atomic E-state index is -4.48. The molecule has 172 valence electrons. The van der Waals surface area contributed by atoms with Crippen LogP contribution in [0.4, 0.5) is 13.2 Å². The maximum absolute atomic E-state index is 13.3. The molecule has 2 nitrogen and oxygen atoms in total. The van der Waals surface area contributed by atoms with Gasteiger partial charge < -0.3 is 4.74 Å². The Labute approximate surface area is 196 Å². The molecule has 4 aromatic rings. The van der Waals surface area contributed by atoms with Gasteiger partial charge in [-0.15, -0.1) is 0 Å². The molecular weight excluding hydrogens is 456 g/mol. The van der Waals surface area contributed by atoms with Gasteiger partial charge in [-0.2, -0.15) is 13.2 Å². The number of hydrogen-bond acceptors (Lipinski definition) is 2. The van der Waals surface area contributed by atoms with E-state index >= 15 is 0 Å². The number of ether oxygens (including phenoxy) is 1. The molecule has 0 fully saturated rings. The molecule has 0 bridgehead atoms. The third kappa shape index (κ3) is 5.16. The van der Waals surface area contributed by atoms with Crippen LogP contribution in [0.2, 0.25) is 0 Å².